The van der Waals surface area contributed by atoms with Crippen LogP contribution in [0.2, 0.25) is 0 Å². The molecule has 0 aromatic heterocycles. The summed E-state index contributed by atoms with van der Waals surface area (Å²) in [6, 6.07) is 26.9. The summed E-state index contributed by atoms with van der Waals surface area (Å²) < 4.78 is 0. The van der Waals surface area contributed by atoms with E-state index in [1.54, 1.807) is 0 Å². The zero-order valence-corrected chi connectivity index (χ0v) is 13.5. The Morgan fingerprint density at radius 2 is 1.35 bits per heavy atom. The average Bonchev–Trinajstić information content (AvgIpc) is 2.64. The molecule has 0 aliphatic carbocycles. The molecular weight excluding hydrogens is 278 g/mol. The van der Waals surface area contributed by atoms with E-state index in [0.29, 0.717) is 6.04 Å². The predicted molar refractivity (Wildman–Crippen MR) is 97.7 cm³/mol. The van der Waals surface area contributed by atoms with Crippen molar-refractivity contribution in [3.8, 4) is 0 Å². The Morgan fingerprint density at radius 1 is 0.652 bits per heavy atom. The van der Waals surface area contributed by atoms with Crippen molar-refractivity contribution in [3.05, 3.63) is 83.9 Å². The molecule has 1 fully saturated rings. The fourth-order valence-electron chi connectivity index (χ4n) is 3.89. The number of nitrogens with zero attached hydrogens (tertiary/aromatic N) is 1. The van der Waals surface area contributed by atoms with E-state index in [4.69, 9.17) is 0 Å². The largest absolute Gasteiger partial charge is 0.292 e. The maximum Gasteiger partial charge on any atom is 0.0607 e. The van der Waals surface area contributed by atoms with Gasteiger partial charge in [-0.15, -0.1) is 0 Å². The Morgan fingerprint density at radius 3 is 2.17 bits per heavy atom. The molecule has 1 aliphatic heterocycles. The summed E-state index contributed by atoms with van der Waals surface area (Å²) in [5.41, 5.74) is 2.85. The monoisotopic (exact) mass is 301 g/mol. The molecule has 0 radical (unpaired) electrons. The van der Waals surface area contributed by atoms with Gasteiger partial charge in [-0.05, 0) is 47.8 Å². The lowest BCUT2D eigenvalue weighted by molar-refractivity contribution is 0.188. The molecule has 0 amide bonds. The van der Waals surface area contributed by atoms with E-state index in [2.05, 4.69) is 77.7 Å². The van der Waals surface area contributed by atoms with Crippen LogP contribution in [-0.2, 0) is 0 Å². The van der Waals surface area contributed by atoms with Crippen molar-refractivity contribution < 1.29 is 0 Å². The standard InChI is InChI=1S/C22H23N/c1-3-11-19(12-4-1)22(23-16-7-2-8-17-23)21-15-9-13-18-10-5-6-14-20(18)21/h1,3-6,9-15,22H,2,7-8,16-17H2/t22-/m0/s1. The zero-order chi connectivity index (χ0) is 15.5. The van der Waals surface area contributed by atoms with E-state index in [-0.39, 0.29) is 0 Å². The fourth-order valence-corrected chi connectivity index (χ4v) is 3.89. The topological polar surface area (TPSA) is 3.24 Å². The molecule has 0 N–H and O–H groups in total. The third kappa shape index (κ3) is 2.89. The second kappa shape index (κ2) is 6.55. The minimum Gasteiger partial charge on any atom is -0.292 e. The van der Waals surface area contributed by atoms with Gasteiger partial charge in [-0.1, -0.05) is 79.2 Å². The Kier molecular flexibility index (Phi) is 4.12. The van der Waals surface area contributed by atoms with Crippen molar-refractivity contribution in [2.75, 3.05) is 13.1 Å². The molecule has 4 rings (SSSR count). The highest BCUT2D eigenvalue weighted by molar-refractivity contribution is 5.86. The molecule has 3 aromatic carbocycles. The summed E-state index contributed by atoms with van der Waals surface area (Å²) in [5.74, 6) is 0. The normalized spacial score (nSPS) is 17.2. The van der Waals surface area contributed by atoms with Gasteiger partial charge in [0.1, 0.15) is 0 Å². The van der Waals surface area contributed by atoms with Gasteiger partial charge in [0.15, 0.2) is 0 Å². The van der Waals surface area contributed by atoms with Gasteiger partial charge in [-0.3, -0.25) is 4.90 Å². The molecular formula is C22H23N. The van der Waals surface area contributed by atoms with E-state index in [9.17, 15) is 0 Å². The van der Waals surface area contributed by atoms with Crippen molar-refractivity contribution >= 4 is 10.8 Å². The molecule has 1 saturated heterocycles. The zero-order valence-electron chi connectivity index (χ0n) is 13.5. The maximum atomic E-state index is 2.67. The second-order valence-electron chi connectivity index (χ2n) is 6.48. The summed E-state index contributed by atoms with van der Waals surface area (Å²) in [5, 5.41) is 2.72. The number of hydrogen-bond acceptors (Lipinski definition) is 1. The molecule has 23 heavy (non-hydrogen) atoms. The van der Waals surface area contributed by atoms with Crippen LogP contribution in [0.25, 0.3) is 10.8 Å². The first-order valence-corrected chi connectivity index (χ1v) is 8.70. The van der Waals surface area contributed by atoms with E-state index in [1.165, 1.54) is 54.3 Å². The molecule has 1 aliphatic rings. The molecule has 1 heteroatoms. The van der Waals surface area contributed by atoms with Crippen LogP contribution in [0.4, 0.5) is 0 Å². The third-order valence-corrected chi connectivity index (χ3v) is 4.99. The van der Waals surface area contributed by atoms with Crippen molar-refractivity contribution in [3.63, 3.8) is 0 Å². The first-order valence-electron chi connectivity index (χ1n) is 8.70. The fraction of sp³-hybridized carbons (Fsp3) is 0.273. The van der Waals surface area contributed by atoms with Gasteiger partial charge in [-0.25, -0.2) is 0 Å². The molecule has 0 unspecified atom stereocenters. The van der Waals surface area contributed by atoms with Gasteiger partial charge in [0, 0.05) is 0 Å². The first kappa shape index (κ1) is 14.5. The summed E-state index contributed by atoms with van der Waals surface area (Å²) in [6.45, 7) is 2.39. The van der Waals surface area contributed by atoms with Crippen LogP contribution in [0.5, 0.6) is 0 Å². The highest BCUT2D eigenvalue weighted by atomic mass is 15.2. The third-order valence-electron chi connectivity index (χ3n) is 4.99. The molecule has 0 bridgehead atoms. The predicted octanol–water partition coefficient (Wildman–Crippen LogP) is 5.42. The summed E-state index contributed by atoms with van der Waals surface area (Å²) in [4.78, 5) is 2.67. The Labute approximate surface area is 138 Å². The van der Waals surface area contributed by atoms with Gasteiger partial charge in [-0.2, -0.15) is 0 Å². The summed E-state index contributed by atoms with van der Waals surface area (Å²) >= 11 is 0. The Balaban J connectivity index is 1.86. The maximum absolute atomic E-state index is 2.67. The molecule has 1 atom stereocenters. The summed E-state index contributed by atoms with van der Waals surface area (Å²) in [6.07, 6.45) is 4.00. The SMILES string of the molecule is c1ccc([C@@H](c2cccc3ccccc23)N2CCCCC2)cc1. The van der Waals surface area contributed by atoms with Crippen molar-refractivity contribution in [2.45, 2.75) is 25.3 Å². The van der Waals surface area contributed by atoms with Crippen LogP contribution in [-0.4, -0.2) is 18.0 Å². The van der Waals surface area contributed by atoms with Gasteiger partial charge in [0.25, 0.3) is 0 Å². The van der Waals surface area contributed by atoms with Crippen molar-refractivity contribution in [1.82, 2.24) is 4.90 Å². The van der Waals surface area contributed by atoms with Crippen LogP contribution < -0.4 is 0 Å². The molecule has 116 valence electrons. The van der Waals surface area contributed by atoms with E-state index in [0.717, 1.165) is 0 Å². The smallest absolute Gasteiger partial charge is 0.0607 e. The number of fused-ring (bicyclic) bond motifs is 1. The molecule has 0 spiro atoms. The number of benzene rings is 3. The number of piperidine rings is 1. The highest BCUT2D eigenvalue weighted by Crippen LogP contribution is 2.35. The van der Waals surface area contributed by atoms with Crippen molar-refractivity contribution in [2.24, 2.45) is 0 Å². The quantitative estimate of drug-likeness (QED) is 0.625. The number of hydrogen-bond donors (Lipinski definition) is 0. The average molecular weight is 301 g/mol. The van der Waals surface area contributed by atoms with Gasteiger partial charge in [0.05, 0.1) is 6.04 Å². The number of likely N-dealkylation sites (tertiary alicyclic amines) is 1. The van der Waals surface area contributed by atoms with Crippen LogP contribution in [0.1, 0.15) is 36.4 Å². The van der Waals surface area contributed by atoms with Crippen LogP contribution >= 0.6 is 0 Å². The van der Waals surface area contributed by atoms with Gasteiger partial charge < -0.3 is 0 Å². The van der Waals surface area contributed by atoms with E-state index in [1.807, 2.05) is 0 Å². The minimum absolute atomic E-state index is 0.364. The van der Waals surface area contributed by atoms with Crippen LogP contribution in [0, 0.1) is 0 Å². The van der Waals surface area contributed by atoms with E-state index < -0.39 is 0 Å². The second-order valence-corrected chi connectivity index (χ2v) is 6.48. The lowest BCUT2D eigenvalue weighted by Gasteiger charge is -2.35. The van der Waals surface area contributed by atoms with Gasteiger partial charge >= 0.3 is 0 Å². The van der Waals surface area contributed by atoms with Crippen LogP contribution in [0.15, 0.2) is 72.8 Å². The Bertz CT molecular complexity index is 767. The minimum atomic E-state index is 0.364. The number of rotatable bonds is 3. The Hall–Kier alpha value is -2.12. The lowest BCUT2D eigenvalue weighted by atomic mass is 9.91. The van der Waals surface area contributed by atoms with Crippen molar-refractivity contribution in [1.29, 1.82) is 0 Å². The molecule has 1 heterocycles. The molecule has 1 nitrogen and oxygen atoms in total. The lowest BCUT2D eigenvalue weighted by Crippen LogP contribution is -2.34. The van der Waals surface area contributed by atoms with Gasteiger partial charge in [0.2, 0.25) is 0 Å². The molecule has 3 aromatic rings. The highest BCUT2D eigenvalue weighted by Gasteiger charge is 2.25. The first-order chi connectivity index (χ1) is 11.4. The van der Waals surface area contributed by atoms with Crippen LogP contribution in [0.3, 0.4) is 0 Å². The van der Waals surface area contributed by atoms with E-state index >= 15 is 0 Å². The summed E-state index contributed by atoms with van der Waals surface area (Å²) in [7, 11) is 0. The molecule has 0 saturated carbocycles.